The minimum absolute atomic E-state index is 0.0144. The van der Waals surface area contributed by atoms with Crippen molar-refractivity contribution in [3.05, 3.63) is 11.6 Å². The molecule has 4 aliphatic rings. The lowest BCUT2D eigenvalue weighted by atomic mass is 9.67. The maximum atomic E-state index is 11.9. The zero-order chi connectivity index (χ0) is 12.1. The molecule has 1 aliphatic heterocycles. The lowest BCUT2D eigenvalue weighted by Crippen LogP contribution is -2.49. The monoisotopic (exact) mass is 236 g/mol. The van der Waals surface area contributed by atoms with Crippen LogP contribution in [0.1, 0.15) is 26.2 Å². The second kappa shape index (κ2) is 2.45. The van der Waals surface area contributed by atoms with Gasteiger partial charge in [-0.1, -0.05) is 6.92 Å². The first-order valence-corrected chi connectivity index (χ1v) is 6.25. The van der Waals surface area contributed by atoms with Crippen LogP contribution in [0.5, 0.6) is 0 Å². The Morgan fingerprint density at radius 2 is 2.24 bits per heavy atom. The van der Waals surface area contributed by atoms with Gasteiger partial charge in [0.2, 0.25) is 0 Å². The second-order valence-corrected chi connectivity index (χ2v) is 6.28. The predicted octanol–water partition coefficient (Wildman–Crippen LogP) is 0.382. The van der Waals surface area contributed by atoms with Crippen molar-refractivity contribution in [3.8, 4) is 0 Å². The molecule has 1 spiro atoms. The number of hydrogen-bond acceptors (Lipinski definition) is 4. The molecule has 0 aromatic rings. The molecule has 4 nitrogen and oxygen atoms in total. The number of esters is 1. The molecule has 17 heavy (non-hydrogen) atoms. The number of ether oxygens (including phenoxy) is 1. The summed E-state index contributed by atoms with van der Waals surface area (Å²) in [6.45, 7) is 2.34. The van der Waals surface area contributed by atoms with Crippen LogP contribution in [0.2, 0.25) is 0 Å². The minimum Gasteiger partial charge on any atom is -0.460 e. The van der Waals surface area contributed by atoms with Crippen molar-refractivity contribution in [1.29, 1.82) is 0 Å². The summed E-state index contributed by atoms with van der Waals surface area (Å²) in [5, 5.41) is 20.7. The van der Waals surface area contributed by atoms with E-state index < -0.39 is 17.1 Å². The summed E-state index contributed by atoms with van der Waals surface area (Å²) in [5.74, 6) is -0.144. The molecule has 5 atom stereocenters. The number of fused-ring (bicyclic) bond motifs is 2. The van der Waals surface area contributed by atoms with E-state index in [2.05, 4.69) is 6.92 Å². The number of carbonyl (C=O) groups is 1. The van der Waals surface area contributed by atoms with Crippen LogP contribution in [0.25, 0.3) is 0 Å². The van der Waals surface area contributed by atoms with Crippen molar-refractivity contribution in [2.24, 2.45) is 16.7 Å². The van der Waals surface area contributed by atoms with Gasteiger partial charge in [-0.2, -0.15) is 0 Å². The van der Waals surface area contributed by atoms with Crippen LogP contribution in [0.3, 0.4) is 0 Å². The fourth-order valence-electron chi connectivity index (χ4n) is 4.72. The van der Waals surface area contributed by atoms with E-state index in [9.17, 15) is 15.0 Å². The van der Waals surface area contributed by atoms with Gasteiger partial charge in [0.25, 0.3) is 0 Å². The number of hydrogen-bond donors (Lipinski definition) is 2. The van der Waals surface area contributed by atoms with Crippen LogP contribution in [-0.2, 0) is 9.53 Å². The molecule has 0 radical (unpaired) electrons. The van der Waals surface area contributed by atoms with Gasteiger partial charge in [-0.25, -0.2) is 0 Å². The molecule has 0 aromatic heterocycles. The summed E-state index contributed by atoms with van der Waals surface area (Å²) in [4.78, 5) is 11.9. The summed E-state index contributed by atoms with van der Waals surface area (Å²) in [6, 6.07) is 0. The molecule has 4 heteroatoms. The van der Waals surface area contributed by atoms with E-state index in [0.717, 1.165) is 18.4 Å². The second-order valence-electron chi connectivity index (χ2n) is 6.28. The average molecular weight is 236 g/mol. The van der Waals surface area contributed by atoms with Crippen LogP contribution < -0.4 is 0 Å². The molecule has 4 rings (SSSR count). The molecule has 3 aliphatic carbocycles. The lowest BCUT2D eigenvalue weighted by Gasteiger charge is -2.39. The Morgan fingerprint density at radius 3 is 3.00 bits per heavy atom. The van der Waals surface area contributed by atoms with E-state index in [4.69, 9.17) is 4.74 Å². The highest BCUT2D eigenvalue weighted by Gasteiger charge is 2.81. The topological polar surface area (TPSA) is 66.8 Å². The molecule has 1 heterocycles. The quantitative estimate of drug-likeness (QED) is 0.471. The van der Waals surface area contributed by atoms with Crippen molar-refractivity contribution in [1.82, 2.24) is 0 Å². The fraction of sp³-hybridized carbons (Fsp3) is 0.769. The number of cyclic esters (lactones) is 1. The maximum absolute atomic E-state index is 11.9. The van der Waals surface area contributed by atoms with Crippen molar-refractivity contribution >= 4 is 5.97 Å². The van der Waals surface area contributed by atoms with E-state index in [1.54, 1.807) is 6.08 Å². The van der Waals surface area contributed by atoms with Gasteiger partial charge in [0.05, 0.1) is 11.5 Å². The average Bonchev–Trinajstić information content (AvgIpc) is 2.67. The van der Waals surface area contributed by atoms with E-state index in [0.29, 0.717) is 6.42 Å². The van der Waals surface area contributed by atoms with Crippen LogP contribution in [0.15, 0.2) is 11.6 Å². The predicted molar refractivity (Wildman–Crippen MR) is 57.9 cm³/mol. The van der Waals surface area contributed by atoms with E-state index in [1.807, 2.05) is 0 Å². The van der Waals surface area contributed by atoms with E-state index in [1.165, 1.54) is 0 Å². The Labute approximate surface area is 99.3 Å². The van der Waals surface area contributed by atoms with Crippen LogP contribution >= 0.6 is 0 Å². The first kappa shape index (κ1) is 10.1. The number of rotatable bonds is 0. The Hall–Kier alpha value is -0.870. The maximum Gasteiger partial charge on any atom is 0.317 e. The fourth-order valence-corrected chi connectivity index (χ4v) is 4.72. The van der Waals surface area contributed by atoms with Crippen molar-refractivity contribution < 1.29 is 19.7 Å². The molecule has 2 N–H and O–H groups in total. The largest absolute Gasteiger partial charge is 0.460 e. The normalized spacial score (nSPS) is 59.0. The highest BCUT2D eigenvalue weighted by molar-refractivity contribution is 5.90. The van der Waals surface area contributed by atoms with Gasteiger partial charge in [-0.05, 0) is 36.3 Å². The van der Waals surface area contributed by atoms with Gasteiger partial charge in [0.15, 0.2) is 0 Å². The highest BCUT2D eigenvalue weighted by Crippen LogP contribution is 2.79. The molecule has 0 amide bonds. The Bertz CT molecular complexity index is 470. The van der Waals surface area contributed by atoms with Crippen molar-refractivity contribution in [2.45, 2.75) is 37.9 Å². The third kappa shape index (κ3) is 0.799. The lowest BCUT2D eigenvalue weighted by molar-refractivity contribution is -0.144. The molecule has 92 valence electrons. The number of aliphatic hydroxyl groups is 2. The van der Waals surface area contributed by atoms with Gasteiger partial charge in [-0.15, -0.1) is 0 Å². The first-order chi connectivity index (χ1) is 7.95. The standard InChI is InChI=1S/C13H16O4/c1-11-6-12(11)7(5-17-10(12)15)4-13(16)8(11)2-3-9(13)14/h4,8-9,14,16H,2-3,5-6H2,1H3/t8-,9+,11-,12+,13-/m1/s1. The smallest absolute Gasteiger partial charge is 0.317 e. The summed E-state index contributed by atoms with van der Waals surface area (Å²) in [7, 11) is 0. The van der Waals surface area contributed by atoms with Gasteiger partial charge in [0.1, 0.15) is 12.2 Å². The minimum atomic E-state index is -1.14. The summed E-state index contributed by atoms with van der Waals surface area (Å²) < 4.78 is 5.16. The number of aliphatic hydroxyl groups excluding tert-OH is 1. The van der Waals surface area contributed by atoms with E-state index in [-0.39, 0.29) is 23.9 Å². The van der Waals surface area contributed by atoms with Gasteiger partial charge >= 0.3 is 5.97 Å². The molecular weight excluding hydrogens is 220 g/mol. The highest BCUT2D eigenvalue weighted by atomic mass is 16.5. The Balaban J connectivity index is 1.93. The summed E-state index contributed by atoms with van der Waals surface area (Å²) in [5.41, 5.74) is -0.923. The van der Waals surface area contributed by atoms with Crippen molar-refractivity contribution in [3.63, 3.8) is 0 Å². The SMILES string of the molecule is C[C@]12C[C@]13C(=O)OCC3=C[C@]1(O)[C@@H](O)CC[C@@H]12. The molecule has 3 fully saturated rings. The third-order valence-corrected chi connectivity index (χ3v) is 5.73. The third-order valence-electron chi connectivity index (χ3n) is 5.73. The molecule has 0 aromatic carbocycles. The molecule has 0 bridgehead atoms. The summed E-state index contributed by atoms with van der Waals surface area (Å²) in [6.07, 6.45) is 3.20. The van der Waals surface area contributed by atoms with E-state index >= 15 is 0 Å². The molecule has 1 saturated heterocycles. The van der Waals surface area contributed by atoms with Gasteiger partial charge in [-0.3, -0.25) is 4.79 Å². The number of carbonyl (C=O) groups excluding carboxylic acids is 1. The van der Waals surface area contributed by atoms with Gasteiger partial charge < -0.3 is 14.9 Å². The Morgan fingerprint density at radius 1 is 1.47 bits per heavy atom. The van der Waals surface area contributed by atoms with Crippen LogP contribution in [-0.4, -0.2) is 34.5 Å². The van der Waals surface area contributed by atoms with Crippen molar-refractivity contribution in [2.75, 3.05) is 6.61 Å². The molecule has 2 saturated carbocycles. The molecular formula is C13H16O4. The molecule has 0 unspecified atom stereocenters. The van der Waals surface area contributed by atoms with Gasteiger partial charge in [0, 0.05) is 5.92 Å². The zero-order valence-corrected chi connectivity index (χ0v) is 9.77. The Kier molecular flexibility index (Phi) is 1.45. The van der Waals surface area contributed by atoms with Crippen LogP contribution in [0, 0.1) is 16.7 Å². The van der Waals surface area contributed by atoms with Crippen LogP contribution in [0.4, 0.5) is 0 Å². The summed E-state index contributed by atoms with van der Waals surface area (Å²) >= 11 is 0. The first-order valence-electron chi connectivity index (χ1n) is 6.25. The zero-order valence-electron chi connectivity index (χ0n) is 9.77.